The van der Waals surface area contributed by atoms with Crippen LogP contribution in [0.15, 0.2) is 30.5 Å². The van der Waals surface area contributed by atoms with Gasteiger partial charge in [0.05, 0.1) is 30.3 Å². The number of para-hydroxylation sites is 2. The number of rotatable bonds is 1. The Labute approximate surface area is 122 Å². The van der Waals surface area contributed by atoms with Gasteiger partial charge in [0.15, 0.2) is 5.60 Å². The monoisotopic (exact) mass is 284 g/mol. The lowest BCUT2D eigenvalue weighted by molar-refractivity contribution is 0.0741. The van der Waals surface area contributed by atoms with Crippen molar-refractivity contribution in [3.8, 4) is 0 Å². The molecule has 1 atom stereocenters. The van der Waals surface area contributed by atoms with Gasteiger partial charge in [0.2, 0.25) is 0 Å². The number of aromatic nitrogens is 2. The van der Waals surface area contributed by atoms with Crippen LogP contribution in [-0.2, 0) is 4.74 Å². The summed E-state index contributed by atoms with van der Waals surface area (Å²) >= 11 is 0. The lowest BCUT2D eigenvalue weighted by Crippen LogP contribution is -2.37. The Morgan fingerprint density at radius 2 is 2.05 bits per heavy atom. The number of amides is 1. The van der Waals surface area contributed by atoms with Crippen LogP contribution in [0.1, 0.15) is 6.42 Å². The first-order valence-corrected chi connectivity index (χ1v) is 7.06. The predicted molar refractivity (Wildman–Crippen MR) is 78.2 cm³/mol. The van der Waals surface area contributed by atoms with E-state index in [9.17, 15) is 4.79 Å². The number of carbonyl (C=O) groups is 1. The average Bonchev–Trinajstić information content (AvgIpc) is 3.02. The minimum absolute atomic E-state index is 0.235. The third-order valence-corrected chi connectivity index (χ3v) is 4.22. The van der Waals surface area contributed by atoms with Gasteiger partial charge in [-0.05, 0) is 12.1 Å². The van der Waals surface area contributed by atoms with Gasteiger partial charge < -0.3 is 14.5 Å². The minimum Gasteiger partial charge on any atom is -0.439 e. The van der Waals surface area contributed by atoms with Crippen molar-refractivity contribution in [3.05, 3.63) is 30.5 Å². The highest BCUT2D eigenvalue weighted by atomic mass is 16.6. The van der Waals surface area contributed by atoms with Crippen LogP contribution in [0.25, 0.3) is 11.0 Å². The smallest absolute Gasteiger partial charge is 0.410 e. The first kappa shape index (κ1) is 12.4. The Hall–Kier alpha value is -2.37. The van der Waals surface area contributed by atoms with E-state index in [1.807, 2.05) is 24.3 Å². The van der Waals surface area contributed by atoms with Crippen molar-refractivity contribution in [1.82, 2.24) is 14.9 Å². The van der Waals surface area contributed by atoms with Gasteiger partial charge in [0.25, 0.3) is 0 Å². The molecule has 2 fully saturated rings. The predicted octanol–water partition coefficient (Wildman–Crippen LogP) is 1.66. The van der Waals surface area contributed by atoms with Crippen LogP contribution >= 0.6 is 0 Å². The molecule has 2 aliphatic rings. The Morgan fingerprint density at radius 3 is 2.81 bits per heavy atom. The third-order valence-electron chi connectivity index (χ3n) is 4.22. The van der Waals surface area contributed by atoms with Crippen molar-refractivity contribution in [2.24, 2.45) is 0 Å². The zero-order chi connectivity index (χ0) is 14.4. The molecule has 1 spiro atoms. The SMILES string of the molecule is CN1CC2(CCN(c3cnc4ccccc4n3)C2)OC1=O. The average molecular weight is 284 g/mol. The van der Waals surface area contributed by atoms with Crippen LogP contribution in [-0.4, -0.2) is 53.2 Å². The Balaban J connectivity index is 1.61. The van der Waals surface area contributed by atoms with Gasteiger partial charge in [-0.3, -0.25) is 4.98 Å². The fraction of sp³-hybridized carbons (Fsp3) is 0.400. The molecule has 2 saturated heterocycles. The summed E-state index contributed by atoms with van der Waals surface area (Å²) in [7, 11) is 1.77. The van der Waals surface area contributed by atoms with Gasteiger partial charge >= 0.3 is 6.09 Å². The van der Waals surface area contributed by atoms with Crippen molar-refractivity contribution in [2.45, 2.75) is 12.0 Å². The minimum atomic E-state index is -0.390. The van der Waals surface area contributed by atoms with E-state index in [2.05, 4.69) is 14.9 Å². The number of ether oxygens (including phenoxy) is 1. The maximum absolute atomic E-state index is 11.6. The number of hydrogen-bond acceptors (Lipinski definition) is 5. The summed E-state index contributed by atoms with van der Waals surface area (Å²) in [5.41, 5.74) is 1.39. The summed E-state index contributed by atoms with van der Waals surface area (Å²) in [6, 6.07) is 7.82. The Kier molecular flexibility index (Phi) is 2.54. The van der Waals surface area contributed by atoms with E-state index in [1.54, 1.807) is 18.1 Å². The lowest BCUT2D eigenvalue weighted by Gasteiger charge is -2.22. The molecule has 0 aliphatic carbocycles. The van der Waals surface area contributed by atoms with Crippen molar-refractivity contribution < 1.29 is 9.53 Å². The lowest BCUT2D eigenvalue weighted by atomic mass is 10.0. The molecule has 1 amide bonds. The molecular weight excluding hydrogens is 268 g/mol. The highest BCUT2D eigenvalue weighted by Crippen LogP contribution is 2.33. The molecule has 108 valence electrons. The number of nitrogens with zero attached hydrogens (tertiary/aromatic N) is 4. The summed E-state index contributed by atoms with van der Waals surface area (Å²) in [6.45, 7) is 2.15. The highest BCUT2D eigenvalue weighted by Gasteiger charge is 2.48. The zero-order valence-corrected chi connectivity index (χ0v) is 11.8. The number of benzene rings is 1. The van der Waals surface area contributed by atoms with Crippen LogP contribution in [0.2, 0.25) is 0 Å². The molecule has 3 heterocycles. The Bertz CT molecular complexity index is 720. The van der Waals surface area contributed by atoms with Crippen LogP contribution in [0.5, 0.6) is 0 Å². The van der Waals surface area contributed by atoms with Crippen LogP contribution in [0.3, 0.4) is 0 Å². The second kappa shape index (κ2) is 4.31. The molecule has 1 aromatic heterocycles. The van der Waals surface area contributed by atoms with Crippen LogP contribution < -0.4 is 4.90 Å². The molecular formula is C15H16N4O2. The fourth-order valence-electron chi connectivity index (χ4n) is 3.14. The standard InChI is InChI=1S/C15H16N4O2/c1-18-9-15(21-14(18)20)6-7-19(10-15)13-8-16-11-4-2-3-5-12(11)17-13/h2-5,8H,6-7,9-10H2,1H3. The number of hydrogen-bond donors (Lipinski definition) is 0. The second-order valence-corrected chi connectivity index (χ2v) is 5.80. The van der Waals surface area contributed by atoms with E-state index in [0.717, 1.165) is 29.8 Å². The highest BCUT2D eigenvalue weighted by molar-refractivity contribution is 5.75. The first-order valence-electron chi connectivity index (χ1n) is 7.06. The summed E-state index contributed by atoms with van der Waals surface area (Å²) in [5.74, 6) is 0.844. The summed E-state index contributed by atoms with van der Waals surface area (Å²) in [5, 5.41) is 0. The molecule has 2 aliphatic heterocycles. The largest absolute Gasteiger partial charge is 0.439 e. The van der Waals surface area contributed by atoms with Crippen LogP contribution in [0.4, 0.5) is 10.6 Å². The third kappa shape index (κ3) is 1.98. The van der Waals surface area contributed by atoms with Gasteiger partial charge in [0, 0.05) is 20.0 Å². The second-order valence-electron chi connectivity index (χ2n) is 5.80. The summed E-state index contributed by atoms with van der Waals surface area (Å²) in [6.07, 6.45) is 2.39. The fourth-order valence-corrected chi connectivity index (χ4v) is 3.14. The number of likely N-dealkylation sites (N-methyl/N-ethyl adjacent to an activating group) is 1. The van der Waals surface area contributed by atoms with E-state index in [0.29, 0.717) is 13.1 Å². The van der Waals surface area contributed by atoms with Gasteiger partial charge in [-0.25, -0.2) is 9.78 Å². The molecule has 1 unspecified atom stereocenters. The molecule has 0 bridgehead atoms. The number of carbonyl (C=O) groups excluding carboxylic acids is 1. The molecule has 0 radical (unpaired) electrons. The maximum atomic E-state index is 11.6. The number of anilines is 1. The normalized spacial score (nSPS) is 25.1. The quantitative estimate of drug-likeness (QED) is 0.797. The molecule has 0 saturated carbocycles. The van der Waals surface area contributed by atoms with E-state index in [4.69, 9.17) is 4.74 Å². The maximum Gasteiger partial charge on any atom is 0.410 e. The van der Waals surface area contributed by atoms with Crippen molar-refractivity contribution in [3.63, 3.8) is 0 Å². The Morgan fingerprint density at radius 1 is 1.24 bits per heavy atom. The molecule has 0 N–H and O–H groups in total. The molecule has 2 aromatic rings. The summed E-state index contributed by atoms with van der Waals surface area (Å²) < 4.78 is 5.56. The van der Waals surface area contributed by atoms with Gasteiger partial charge in [0.1, 0.15) is 5.82 Å². The van der Waals surface area contributed by atoms with Crippen molar-refractivity contribution >= 4 is 22.9 Å². The molecule has 6 heteroatoms. The van der Waals surface area contributed by atoms with E-state index >= 15 is 0 Å². The van der Waals surface area contributed by atoms with Crippen molar-refractivity contribution in [1.29, 1.82) is 0 Å². The van der Waals surface area contributed by atoms with E-state index < -0.39 is 0 Å². The van der Waals surface area contributed by atoms with Gasteiger partial charge in [-0.15, -0.1) is 0 Å². The molecule has 21 heavy (non-hydrogen) atoms. The van der Waals surface area contributed by atoms with Crippen LogP contribution in [0, 0.1) is 0 Å². The zero-order valence-electron chi connectivity index (χ0n) is 11.8. The van der Waals surface area contributed by atoms with E-state index in [1.165, 1.54) is 0 Å². The van der Waals surface area contributed by atoms with Gasteiger partial charge in [-0.2, -0.15) is 0 Å². The number of fused-ring (bicyclic) bond motifs is 1. The van der Waals surface area contributed by atoms with Gasteiger partial charge in [-0.1, -0.05) is 12.1 Å². The topological polar surface area (TPSA) is 58.6 Å². The molecule has 6 nitrogen and oxygen atoms in total. The summed E-state index contributed by atoms with van der Waals surface area (Å²) in [4.78, 5) is 24.5. The molecule has 1 aromatic carbocycles. The molecule has 4 rings (SSSR count). The first-order chi connectivity index (χ1) is 10.2. The van der Waals surface area contributed by atoms with Crippen molar-refractivity contribution in [2.75, 3.05) is 31.6 Å². The van der Waals surface area contributed by atoms with E-state index in [-0.39, 0.29) is 11.7 Å².